The number of carboxylic acids is 1. The molecule has 0 saturated carbocycles. The van der Waals surface area contributed by atoms with E-state index in [1.807, 2.05) is 61.5 Å². The van der Waals surface area contributed by atoms with E-state index in [-0.39, 0.29) is 5.91 Å². The third-order valence-electron chi connectivity index (χ3n) is 5.27. The van der Waals surface area contributed by atoms with Crippen LogP contribution in [0.4, 0.5) is 0 Å². The van der Waals surface area contributed by atoms with E-state index in [4.69, 9.17) is 0 Å². The van der Waals surface area contributed by atoms with Crippen molar-refractivity contribution in [2.24, 2.45) is 0 Å². The number of aliphatic carboxylic acids is 1. The maximum Gasteiger partial charge on any atom is 0.314 e. The summed E-state index contributed by atoms with van der Waals surface area (Å²) >= 11 is 0. The Morgan fingerprint density at radius 2 is 1.60 bits per heavy atom. The number of carbonyl (C=O) groups is 2. The smallest absolute Gasteiger partial charge is 0.314 e. The van der Waals surface area contributed by atoms with Gasteiger partial charge in [-0.1, -0.05) is 55.5 Å². The zero-order valence-electron chi connectivity index (χ0n) is 14.4. The molecule has 1 aliphatic rings. The summed E-state index contributed by atoms with van der Waals surface area (Å²) in [4.78, 5) is 26.7. The quantitative estimate of drug-likeness (QED) is 0.929. The van der Waals surface area contributed by atoms with Crippen LogP contribution >= 0.6 is 0 Å². The van der Waals surface area contributed by atoms with Crippen LogP contribution in [0.2, 0.25) is 0 Å². The van der Waals surface area contributed by atoms with Gasteiger partial charge in [-0.25, -0.2) is 0 Å². The highest BCUT2D eigenvalue weighted by molar-refractivity contribution is 5.96. The van der Waals surface area contributed by atoms with Crippen LogP contribution < -0.4 is 0 Å². The topological polar surface area (TPSA) is 57.6 Å². The lowest BCUT2D eigenvalue weighted by atomic mass is 9.72. The lowest BCUT2D eigenvalue weighted by Crippen LogP contribution is -2.49. The van der Waals surface area contributed by atoms with Crippen molar-refractivity contribution in [2.75, 3.05) is 13.1 Å². The molecule has 4 nitrogen and oxygen atoms in total. The maximum absolute atomic E-state index is 12.9. The largest absolute Gasteiger partial charge is 0.481 e. The average molecular weight is 337 g/mol. The summed E-state index contributed by atoms with van der Waals surface area (Å²) in [6, 6.07) is 17.0. The molecule has 130 valence electrons. The normalized spacial score (nSPS) is 16.4. The van der Waals surface area contributed by atoms with E-state index >= 15 is 0 Å². The molecule has 1 fully saturated rings. The number of amides is 1. The molecule has 3 rings (SSSR count). The van der Waals surface area contributed by atoms with Gasteiger partial charge in [0, 0.05) is 18.7 Å². The minimum atomic E-state index is -0.900. The molecule has 2 aromatic carbocycles. The SMILES string of the molecule is CCc1ccccc1C(=O)N1CCC(C(=O)O)(c2ccccc2)CC1. The molecule has 0 atom stereocenters. The second kappa shape index (κ2) is 7.09. The van der Waals surface area contributed by atoms with Crippen LogP contribution in [-0.4, -0.2) is 35.0 Å². The number of benzene rings is 2. The molecule has 0 spiro atoms. The van der Waals surface area contributed by atoms with Gasteiger partial charge in [-0.15, -0.1) is 0 Å². The van der Waals surface area contributed by atoms with Crippen molar-refractivity contribution < 1.29 is 14.7 Å². The minimum Gasteiger partial charge on any atom is -0.481 e. The maximum atomic E-state index is 12.9. The number of carboxylic acid groups (broad SMARTS) is 1. The van der Waals surface area contributed by atoms with Crippen molar-refractivity contribution in [2.45, 2.75) is 31.6 Å². The second-order valence-corrected chi connectivity index (χ2v) is 6.56. The molecular formula is C21H23NO3. The van der Waals surface area contributed by atoms with Gasteiger partial charge in [-0.2, -0.15) is 0 Å². The Morgan fingerprint density at radius 1 is 1.00 bits per heavy atom. The molecule has 1 saturated heterocycles. The number of hydrogen-bond donors (Lipinski definition) is 1. The molecule has 4 heteroatoms. The molecule has 0 aliphatic carbocycles. The van der Waals surface area contributed by atoms with Crippen LogP contribution in [0, 0.1) is 0 Å². The van der Waals surface area contributed by atoms with Gasteiger partial charge in [0.05, 0.1) is 5.41 Å². The summed E-state index contributed by atoms with van der Waals surface area (Å²) in [6.07, 6.45) is 1.68. The summed E-state index contributed by atoms with van der Waals surface area (Å²) in [5, 5.41) is 9.86. The number of likely N-dealkylation sites (tertiary alicyclic amines) is 1. The van der Waals surface area contributed by atoms with E-state index in [9.17, 15) is 14.7 Å². The molecule has 25 heavy (non-hydrogen) atoms. The second-order valence-electron chi connectivity index (χ2n) is 6.56. The van der Waals surface area contributed by atoms with Gasteiger partial charge < -0.3 is 10.0 Å². The Bertz CT molecular complexity index is 762. The first kappa shape index (κ1) is 17.2. The zero-order valence-corrected chi connectivity index (χ0v) is 14.4. The van der Waals surface area contributed by atoms with Gasteiger partial charge in [-0.05, 0) is 36.5 Å². The highest BCUT2D eigenvalue weighted by Gasteiger charge is 2.43. The Kier molecular flexibility index (Phi) is 4.88. The molecular weight excluding hydrogens is 314 g/mol. The Balaban J connectivity index is 1.81. The van der Waals surface area contributed by atoms with E-state index in [0.717, 1.165) is 23.1 Å². The van der Waals surface area contributed by atoms with Gasteiger partial charge in [0.2, 0.25) is 0 Å². The lowest BCUT2D eigenvalue weighted by molar-refractivity contribution is -0.145. The van der Waals surface area contributed by atoms with Crippen molar-refractivity contribution in [3.8, 4) is 0 Å². The van der Waals surface area contributed by atoms with Crippen LogP contribution in [0.3, 0.4) is 0 Å². The van der Waals surface area contributed by atoms with Gasteiger partial charge in [0.1, 0.15) is 0 Å². The first-order valence-corrected chi connectivity index (χ1v) is 8.74. The van der Waals surface area contributed by atoms with Gasteiger partial charge in [0.25, 0.3) is 5.91 Å². The Hall–Kier alpha value is -2.62. The lowest BCUT2D eigenvalue weighted by Gasteiger charge is -2.39. The van der Waals surface area contributed by atoms with E-state index in [1.165, 1.54) is 0 Å². The van der Waals surface area contributed by atoms with Crippen LogP contribution in [0.1, 0.15) is 41.3 Å². The fourth-order valence-electron chi connectivity index (χ4n) is 3.68. The molecule has 0 aromatic heterocycles. The minimum absolute atomic E-state index is 0.00417. The standard InChI is InChI=1S/C21H23NO3/c1-2-16-8-6-7-11-18(16)19(23)22-14-12-21(13-15-22,20(24)25)17-9-4-3-5-10-17/h3-11H,2,12-15H2,1H3,(H,24,25). The van der Waals surface area contributed by atoms with Crippen molar-refractivity contribution in [1.82, 2.24) is 4.90 Å². The van der Waals surface area contributed by atoms with Crippen molar-refractivity contribution >= 4 is 11.9 Å². The summed E-state index contributed by atoms with van der Waals surface area (Å²) in [7, 11) is 0. The molecule has 1 aliphatic heterocycles. The number of hydrogen-bond acceptors (Lipinski definition) is 2. The van der Waals surface area contributed by atoms with E-state index in [1.54, 1.807) is 4.90 Å². The number of piperidine rings is 1. The van der Waals surface area contributed by atoms with E-state index in [2.05, 4.69) is 0 Å². The van der Waals surface area contributed by atoms with E-state index < -0.39 is 11.4 Å². The molecule has 1 heterocycles. The molecule has 1 amide bonds. The molecule has 2 aromatic rings. The van der Waals surface area contributed by atoms with Crippen molar-refractivity contribution in [1.29, 1.82) is 0 Å². The highest BCUT2D eigenvalue weighted by Crippen LogP contribution is 2.36. The first-order chi connectivity index (χ1) is 12.1. The number of carbonyl (C=O) groups excluding carboxylic acids is 1. The van der Waals surface area contributed by atoms with E-state index in [0.29, 0.717) is 25.9 Å². The fourth-order valence-corrected chi connectivity index (χ4v) is 3.68. The Morgan fingerprint density at radius 3 is 2.20 bits per heavy atom. The first-order valence-electron chi connectivity index (χ1n) is 8.74. The monoisotopic (exact) mass is 337 g/mol. The summed E-state index contributed by atoms with van der Waals surface area (Å²) in [5.41, 5.74) is 1.68. The average Bonchev–Trinajstić information content (AvgIpc) is 2.68. The van der Waals surface area contributed by atoms with Gasteiger partial charge >= 0.3 is 5.97 Å². The predicted octanol–water partition coefficient (Wildman–Crippen LogP) is 3.51. The summed E-state index contributed by atoms with van der Waals surface area (Å²) in [6.45, 7) is 2.95. The third kappa shape index (κ3) is 3.16. The molecule has 0 bridgehead atoms. The molecule has 1 N–H and O–H groups in total. The Labute approximate surface area is 148 Å². The highest BCUT2D eigenvalue weighted by atomic mass is 16.4. The molecule has 0 radical (unpaired) electrons. The summed E-state index contributed by atoms with van der Waals surface area (Å²) in [5.74, 6) is -0.802. The fraction of sp³-hybridized carbons (Fsp3) is 0.333. The van der Waals surface area contributed by atoms with Crippen LogP contribution in [0.5, 0.6) is 0 Å². The number of rotatable bonds is 4. The van der Waals surface area contributed by atoms with Gasteiger partial charge in [-0.3, -0.25) is 9.59 Å². The third-order valence-corrected chi connectivity index (χ3v) is 5.27. The summed E-state index contributed by atoms with van der Waals surface area (Å²) < 4.78 is 0. The number of nitrogens with zero attached hydrogens (tertiary/aromatic N) is 1. The number of aryl methyl sites for hydroxylation is 1. The van der Waals surface area contributed by atoms with Gasteiger partial charge in [0.15, 0.2) is 0 Å². The van der Waals surface area contributed by atoms with Crippen LogP contribution in [-0.2, 0) is 16.6 Å². The molecule has 0 unspecified atom stereocenters. The predicted molar refractivity (Wildman–Crippen MR) is 96.7 cm³/mol. The van der Waals surface area contributed by atoms with Crippen molar-refractivity contribution in [3.63, 3.8) is 0 Å². The van der Waals surface area contributed by atoms with Crippen LogP contribution in [0.15, 0.2) is 54.6 Å². The zero-order chi connectivity index (χ0) is 17.9. The van der Waals surface area contributed by atoms with Crippen LogP contribution in [0.25, 0.3) is 0 Å². The van der Waals surface area contributed by atoms with Crippen molar-refractivity contribution in [3.05, 3.63) is 71.3 Å².